The van der Waals surface area contributed by atoms with Crippen LogP contribution in [0.5, 0.6) is 0 Å². The standard InChI is InChI=1S/C8H13NO2/c1-2-9-7(5-8(10)11)6-3-4-6/h5-6,9H,2-4H2,1H3,(H,10,11). The van der Waals surface area contributed by atoms with Crippen molar-refractivity contribution in [2.45, 2.75) is 19.8 Å². The molecule has 0 aromatic heterocycles. The van der Waals surface area contributed by atoms with E-state index in [0.29, 0.717) is 5.92 Å². The predicted octanol–water partition coefficient (Wildman–Crippen LogP) is 0.974. The minimum atomic E-state index is -0.854. The molecule has 0 aromatic rings. The third kappa shape index (κ3) is 2.62. The predicted molar refractivity (Wildman–Crippen MR) is 42.1 cm³/mol. The van der Waals surface area contributed by atoms with Crippen LogP contribution in [0.25, 0.3) is 0 Å². The molecule has 1 aliphatic rings. The number of allylic oxidation sites excluding steroid dienone is 1. The summed E-state index contributed by atoms with van der Waals surface area (Å²) in [7, 11) is 0. The largest absolute Gasteiger partial charge is 0.478 e. The van der Waals surface area contributed by atoms with E-state index in [9.17, 15) is 4.79 Å². The van der Waals surface area contributed by atoms with E-state index in [4.69, 9.17) is 5.11 Å². The van der Waals surface area contributed by atoms with Crippen molar-refractivity contribution in [1.29, 1.82) is 0 Å². The highest BCUT2D eigenvalue weighted by atomic mass is 16.4. The fourth-order valence-corrected chi connectivity index (χ4v) is 1.04. The Bertz CT molecular complexity index is 183. The van der Waals surface area contributed by atoms with Gasteiger partial charge in [0.05, 0.1) is 0 Å². The van der Waals surface area contributed by atoms with Crippen molar-refractivity contribution in [2.75, 3.05) is 6.54 Å². The van der Waals surface area contributed by atoms with Gasteiger partial charge in [-0.25, -0.2) is 4.79 Å². The van der Waals surface area contributed by atoms with Crippen molar-refractivity contribution >= 4 is 5.97 Å². The summed E-state index contributed by atoms with van der Waals surface area (Å²) >= 11 is 0. The fourth-order valence-electron chi connectivity index (χ4n) is 1.04. The number of aliphatic carboxylic acids is 1. The molecule has 1 rings (SSSR count). The Kier molecular flexibility index (Phi) is 2.52. The zero-order chi connectivity index (χ0) is 8.27. The van der Waals surface area contributed by atoms with Gasteiger partial charge in [0.1, 0.15) is 0 Å². The summed E-state index contributed by atoms with van der Waals surface area (Å²) in [5.41, 5.74) is 0.889. The lowest BCUT2D eigenvalue weighted by molar-refractivity contribution is -0.131. The summed E-state index contributed by atoms with van der Waals surface area (Å²) in [5.74, 6) is -0.362. The van der Waals surface area contributed by atoms with E-state index in [1.54, 1.807) is 0 Å². The zero-order valence-electron chi connectivity index (χ0n) is 6.63. The molecular formula is C8H13NO2. The topological polar surface area (TPSA) is 49.3 Å². The van der Waals surface area contributed by atoms with E-state index >= 15 is 0 Å². The molecule has 11 heavy (non-hydrogen) atoms. The van der Waals surface area contributed by atoms with Crippen LogP contribution in [0, 0.1) is 5.92 Å². The summed E-state index contributed by atoms with van der Waals surface area (Å²) in [6.07, 6.45) is 3.54. The zero-order valence-corrected chi connectivity index (χ0v) is 6.63. The molecule has 0 radical (unpaired) electrons. The molecule has 0 heterocycles. The molecule has 1 saturated carbocycles. The number of hydrogen-bond donors (Lipinski definition) is 2. The van der Waals surface area contributed by atoms with Crippen LogP contribution in [0.2, 0.25) is 0 Å². The van der Waals surface area contributed by atoms with E-state index in [2.05, 4.69) is 5.32 Å². The van der Waals surface area contributed by atoms with E-state index in [-0.39, 0.29) is 0 Å². The van der Waals surface area contributed by atoms with Crippen LogP contribution in [0.15, 0.2) is 11.8 Å². The number of carboxylic acids is 1. The van der Waals surface area contributed by atoms with Crippen molar-refractivity contribution < 1.29 is 9.90 Å². The van der Waals surface area contributed by atoms with Gasteiger partial charge in [0.2, 0.25) is 0 Å². The fraction of sp³-hybridized carbons (Fsp3) is 0.625. The second kappa shape index (κ2) is 3.42. The van der Waals surface area contributed by atoms with Gasteiger partial charge in [0.25, 0.3) is 0 Å². The Morgan fingerprint density at radius 3 is 2.73 bits per heavy atom. The Balaban J connectivity index is 2.50. The van der Waals surface area contributed by atoms with Crippen LogP contribution < -0.4 is 5.32 Å². The average molecular weight is 155 g/mol. The van der Waals surface area contributed by atoms with Gasteiger partial charge < -0.3 is 10.4 Å². The number of rotatable bonds is 4. The van der Waals surface area contributed by atoms with Crippen molar-refractivity contribution in [2.24, 2.45) is 5.92 Å². The first-order chi connectivity index (χ1) is 5.24. The molecule has 0 aliphatic heterocycles. The molecule has 3 heteroatoms. The number of hydrogen-bond acceptors (Lipinski definition) is 2. The van der Waals surface area contributed by atoms with Crippen molar-refractivity contribution in [3.63, 3.8) is 0 Å². The van der Waals surface area contributed by atoms with Crippen LogP contribution >= 0.6 is 0 Å². The monoisotopic (exact) mass is 155 g/mol. The van der Waals surface area contributed by atoms with Crippen LogP contribution in [0.3, 0.4) is 0 Å². The molecule has 2 N–H and O–H groups in total. The molecule has 62 valence electrons. The lowest BCUT2D eigenvalue weighted by atomic mass is 10.2. The van der Waals surface area contributed by atoms with Crippen LogP contribution in [0.1, 0.15) is 19.8 Å². The highest BCUT2D eigenvalue weighted by molar-refractivity contribution is 5.80. The Morgan fingerprint density at radius 2 is 2.36 bits per heavy atom. The third-order valence-corrected chi connectivity index (χ3v) is 1.68. The van der Waals surface area contributed by atoms with Gasteiger partial charge in [0.15, 0.2) is 0 Å². The first kappa shape index (κ1) is 8.11. The average Bonchev–Trinajstić information content (AvgIpc) is 2.66. The maximum Gasteiger partial charge on any atom is 0.330 e. The van der Waals surface area contributed by atoms with Gasteiger partial charge in [-0.15, -0.1) is 0 Å². The minimum absolute atomic E-state index is 0.492. The molecule has 0 aromatic carbocycles. The molecule has 0 atom stereocenters. The van der Waals surface area contributed by atoms with Gasteiger partial charge in [-0.1, -0.05) is 0 Å². The Labute approximate surface area is 66.1 Å². The highest BCUT2D eigenvalue weighted by Crippen LogP contribution is 2.34. The third-order valence-electron chi connectivity index (χ3n) is 1.68. The normalized spacial score (nSPS) is 18.1. The quantitative estimate of drug-likeness (QED) is 0.595. The maximum absolute atomic E-state index is 10.3. The van der Waals surface area contributed by atoms with Crippen LogP contribution in [0.4, 0.5) is 0 Å². The smallest absolute Gasteiger partial charge is 0.330 e. The van der Waals surface area contributed by atoms with Crippen molar-refractivity contribution in [3.05, 3.63) is 11.8 Å². The second-order valence-electron chi connectivity index (χ2n) is 2.74. The molecule has 3 nitrogen and oxygen atoms in total. The number of carboxylic acid groups (broad SMARTS) is 1. The first-order valence-corrected chi connectivity index (χ1v) is 3.92. The van der Waals surface area contributed by atoms with E-state index < -0.39 is 5.97 Å². The minimum Gasteiger partial charge on any atom is -0.478 e. The molecule has 0 amide bonds. The van der Waals surface area contributed by atoms with Gasteiger partial charge >= 0.3 is 5.97 Å². The summed E-state index contributed by atoms with van der Waals surface area (Å²) in [6, 6.07) is 0. The van der Waals surface area contributed by atoms with Crippen molar-refractivity contribution in [1.82, 2.24) is 5.32 Å². The summed E-state index contributed by atoms with van der Waals surface area (Å²) < 4.78 is 0. The summed E-state index contributed by atoms with van der Waals surface area (Å²) in [4.78, 5) is 10.3. The molecular weight excluding hydrogens is 142 g/mol. The van der Waals surface area contributed by atoms with Gasteiger partial charge in [-0.2, -0.15) is 0 Å². The molecule has 1 fully saturated rings. The van der Waals surface area contributed by atoms with Crippen LogP contribution in [-0.4, -0.2) is 17.6 Å². The Morgan fingerprint density at radius 1 is 1.73 bits per heavy atom. The number of carbonyl (C=O) groups is 1. The van der Waals surface area contributed by atoms with Crippen LogP contribution in [-0.2, 0) is 4.79 Å². The van der Waals surface area contributed by atoms with E-state index in [1.165, 1.54) is 6.08 Å². The summed E-state index contributed by atoms with van der Waals surface area (Å²) in [6.45, 7) is 2.77. The number of nitrogens with one attached hydrogen (secondary N) is 1. The molecule has 0 spiro atoms. The molecule has 0 saturated heterocycles. The first-order valence-electron chi connectivity index (χ1n) is 3.92. The van der Waals surface area contributed by atoms with E-state index in [0.717, 1.165) is 25.1 Å². The van der Waals surface area contributed by atoms with Crippen molar-refractivity contribution in [3.8, 4) is 0 Å². The van der Waals surface area contributed by atoms with Gasteiger partial charge in [0, 0.05) is 18.3 Å². The lowest BCUT2D eigenvalue weighted by Crippen LogP contribution is -2.15. The van der Waals surface area contributed by atoms with E-state index in [1.807, 2.05) is 6.92 Å². The second-order valence-corrected chi connectivity index (χ2v) is 2.74. The molecule has 1 aliphatic carbocycles. The van der Waals surface area contributed by atoms with Gasteiger partial charge in [-0.05, 0) is 25.7 Å². The maximum atomic E-state index is 10.3. The lowest BCUT2D eigenvalue weighted by Gasteiger charge is -2.04. The SMILES string of the molecule is CCNC(=CC(=O)O)C1CC1. The summed E-state index contributed by atoms with van der Waals surface area (Å²) in [5, 5.41) is 11.5. The van der Waals surface area contributed by atoms with Gasteiger partial charge in [-0.3, -0.25) is 0 Å². The highest BCUT2D eigenvalue weighted by Gasteiger charge is 2.26. The molecule has 0 unspecified atom stereocenters. The molecule has 0 bridgehead atoms. The Hall–Kier alpha value is -0.990.